The lowest BCUT2D eigenvalue weighted by molar-refractivity contribution is -0.0520. The van der Waals surface area contributed by atoms with Gasteiger partial charge in [-0.05, 0) is 62.6 Å². The Balaban J connectivity index is 1.38. The molecule has 1 aromatic heterocycles. The number of carbonyl (C=O) groups is 1. The second kappa shape index (κ2) is 8.15. The molecule has 3 fully saturated rings. The van der Waals surface area contributed by atoms with Crippen molar-refractivity contribution in [2.24, 2.45) is 11.8 Å². The van der Waals surface area contributed by atoms with Crippen LogP contribution >= 0.6 is 0 Å². The van der Waals surface area contributed by atoms with Gasteiger partial charge in [-0.25, -0.2) is 0 Å². The van der Waals surface area contributed by atoms with Gasteiger partial charge in [0.15, 0.2) is 0 Å². The number of benzene rings is 1. The summed E-state index contributed by atoms with van der Waals surface area (Å²) in [6.07, 6.45) is 1.43. The van der Waals surface area contributed by atoms with Crippen LogP contribution in [0.25, 0.3) is 10.9 Å². The Hall–Kier alpha value is -2.02. The van der Waals surface area contributed by atoms with Gasteiger partial charge in [-0.2, -0.15) is 0 Å². The maximum absolute atomic E-state index is 13.6. The predicted octanol–water partition coefficient (Wildman–Crippen LogP) is 2.70. The van der Waals surface area contributed by atoms with Gasteiger partial charge in [0, 0.05) is 43.3 Å². The number of carbonyl (C=O) groups excluding carboxylic acids is 1. The van der Waals surface area contributed by atoms with Crippen LogP contribution in [0, 0.1) is 32.6 Å². The van der Waals surface area contributed by atoms with Gasteiger partial charge in [-0.15, -0.1) is 0 Å². The van der Waals surface area contributed by atoms with Crippen LogP contribution in [0.5, 0.6) is 0 Å². The second-order valence-corrected chi connectivity index (χ2v) is 9.70. The summed E-state index contributed by atoms with van der Waals surface area (Å²) < 4.78 is 5.49. The molecule has 1 aliphatic carbocycles. The minimum atomic E-state index is -0.316. The Morgan fingerprint density at radius 2 is 1.81 bits per heavy atom. The van der Waals surface area contributed by atoms with E-state index in [4.69, 9.17) is 9.72 Å². The molecule has 0 unspecified atom stereocenters. The van der Waals surface area contributed by atoms with Crippen molar-refractivity contribution in [2.75, 3.05) is 39.4 Å². The van der Waals surface area contributed by atoms with Gasteiger partial charge >= 0.3 is 0 Å². The molecule has 6 nitrogen and oxygen atoms in total. The summed E-state index contributed by atoms with van der Waals surface area (Å²) in [5, 5.41) is 11.8. The number of amides is 1. The van der Waals surface area contributed by atoms with Crippen LogP contribution < -0.4 is 0 Å². The molecule has 1 amide bonds. The zero-order valence-corrected chi connectivity index (χ0v) is 18.8. The third-order valence-electron chi connectivity index (χ3n) is 7.77. The van der Waals surface area contributed by atoms with Crippen molar-refractivity contribution in [2.45, 2.75) is 45.8 Å². The van der Waals surface area contributed by atoms with E-state index in [1.807, 2.05) is 24.0 Å². The second-order valence-electron chi connectivity index (χ2n) is 9.70. The van der Waals surface area contributed by atoms with E-state index in [-0.39, 0.29) is 18.1 Å². The first-order valence-corrected chi connectivity index (χ1v) is 11.6. The van der Waals surface area contributed by atoms with Crippen LogP contribution in [0.3, 0.4) is 0 Å². The number of hydrogen-bond acceptors (Lipinski definition) is 5. The van der Waals surface area contributed by atoms with E-state index in [0.29, 0.717) is 11.8 Å². The zero-order chi connectivity index (χ0) is 21.7. The summed E-state index contributed by atoms with van der Waals surface area (Å²) >= 11 is 0. The van der Waals surface area contributed by atoms with Crippen molar-refractivity contribution < 1.29 is 14.6 Å². The number of ether oxygens (including phenoxy) is 1. The topological polar surface area (TPSA) is 65.9 Å². The van der Waals surface area contributed by atoms with Crippen LogP contribution in [0.1, 0.15) is 40.0 Å². The largest absolute Gasteiger partial charge is 0.391 e. The third-order valence-corrected chi connectivity index (χ3v) is 7.77. The molecule has 0 radical (unpaired) electrons. The highest BCUT2D eigenvalue weighted by Gasteiger charge is 2.45. The third kappa shape index (κ3) is 3.75. The minimum absolute atomic E-state index is 0.102. The number of aromatic nitrogens is 1. The number of hydrogen-bond donors (Lipinski definition) is 1. The molecule has 3 heterocycles. The highest BCUT2D eigenvalue weighted by Crippen LogP contribution is 2.39. The molecule has 1 aromatic carbocycles. The normalized spacial score (nSPS) is 29.4. The molecule has 2 aromatic rings. The molecule has 166 valence electrons. The fraction of sp³-hybridized carbons (Fsp3) is 0.600. The molecule has 5 rings (SSSR count). The van der Waals surface area contributed by atoms with Crippen LogP contribution in [-0.4, -0.2) is 77.3 Å². The Kier molecular flexibility index (Phi) is 5.49. The molecular weight excluding hydrogens is 390 g/mol. The van der Waals surface area contributed by atoms with E-state index in [0.717, 1.165) is 80.0 Å². The fourth-order valence-corrected chi connectivity index (χ4v) is 5.88. The van der Waals surface area contributed by atoms with Gasteiger partial charge in [0.25, 0.3) is 5.91 Å². The smallest absolute Gasteiger partial charge is 0.254 e. The van der Waals surface area contributed by atoms with E-state index in [2.05, 4.69) is 24.8 Å². The van der Waals surface area contributed by atoms with Crippen molar-refractivity contribution in [3.63, 3.8) is 0 Å². The Morgan fingerprint density at radius 1 is 1.10 bits per heavy atom. The lowest BCUT2D eigenvalue weighted by atomic mass is 9.77. The summed E-state index contributed by atoms with van der Waals surface area (Å²) in [5.74, 6) is 0.943. The van der Waals surface area contributed by atoms with Crippen molar-refractivity contribution >= 4 is 16.8 Å². The number of morpholine rings is 1. The van der Waals surface area contributed by atoms with Gasteiger partial charge in [-0.1, -0.05) is 12.1 Å². The van der Waals surface area contributed by atoms with Gasteiger partial charge < -0.3 is 14.7 Å². The van der Waals surface area contributed by atoms with Crippen molar-refractivity contribution in [1.82, 2.24) is 14.8 Å². The van der Waals surface area contributed by atoms with Gasteiger partial charge in [0.1, 0.15) is 0 Å². The minimum Gasteiger partial charge on any atom is -0.391 e. The Morgan fingerprint density at radius 3 is 2.55 bits per heavy atom. The number of likely N-dealkylation sites (tertiary alicyclic amines) is 1. The number of aliphatic hydroxyl groups excluding tert-OH is 1. The maximum atomic E-state index is 13.6. The molecule has 3 aliphatic rings. The summed E-state index contributed by atoms with van der Waals surface area (Å²) in [6, 6.07) is 6.25. The van der Waals surface area contributed by atoms with E-state index in [1.165, 1.54) is 5.56 Å². The summed E-state index contributed by atoms with van der Waals surface area (Å²) in [4.78, 5) is 22.8. The lowest BCUT2D eigenvalue weighted by Gasteiger charge is -2.43. The highest BCUT2D eigenvalue weighted by atomic mass is 16.5. The van der Waals surface area contributed by atoms with Gasteiger partial charge in [0.05, 0.1) is 30.4 Å². The van der Waals surface area contributed by atoms with Gasteiger partial charge in [0.2, 0.25) is 0 Å². The molecule has 0 bridgehead atoms. The molecule has 6 heteroatoms. The molecule has 2 saturated heterocycles. The van der Waals surface area contributed by atoms with Crippen LogP contribution in [-0.2, 0) is 4.74 Å². The number of rotatable bonds is 2. The first-order valence-electron chi connectivity index (χ1n) is 11.6. The molecule has 1 N–H and O–H groups in total. The zero-order valence-electron chi connectivity index (χ0n) is 18.8. The maximum Gasteiger partial charge on any atom is 0.254 e. The summed E-state index contributed by atoms with van der Waals surface area (Å²) in [6.45, 7) is 10.9. The van der Waals surface area contributed by atoms with Crippen molar-refractivity contribution in [3.8, 4) is 0 Å². The fourth-order valence-electron chi connectivity index (χ4n) is 5.88. The number of aryl methyl sites for hydroxylation is 3. The van der Waals surface area contributed by atoms with E-state index >= 15 is 0 Å². The predicted molar refractivity (Wildman–Crippen MR) is 120 cm³/mol. The first kappa shape index (κ1) is 20.9. The first-order chi connectivity index (χ1) is 14.9. The number of fused-ring (bicyclic) bond motifs is 2. The molecule has 4 atom stereocenters. The quantitative estimate of drug-likeness (QED) is 0.805. The van der Waals surface area contributed by atoms with E-state index in [9.17, 15) is 9.90 Å². The Labute approximate surface area is 184 Å². The Bertz CT molecular complexity index is 1000. The monoisotopic (exact) mass is 423 g/mol. The summed E-state index contributed by atoms with van der Waals surface area (Å²) in [5.41, 5.74) is 4.91. The molecule has 2 aliphatic heterocycles. The van der Waals surface area contributed by atoms with E-state index < -0.39 is 0 Å². The summed E-state index contributed by atoms with van der Waals surface area (Å²) in [7, 11) is 0. The molecular formula is C25H33N3O3. The van der Waals surface area contributed by atoms with Crippen molar-refractivity contribution in [1.29, 1.82) is 0 Å². The SMILES string of the molecule is Cc1cc(C(=O)N2C[C@H]3C[C@@H](N4CCOCC4)[C@H](O)C[C@H]3C2)c2ccc(C)c(C)c2n1. The number of pyridine rings is 1. The molecule has 31 heavy (non-hydrogen) atoms. The van der Waals surface area contributed by atoms with Crippen LogP contribution in [0.15, 0.2) is 18.2 Å². The average Bonchev–Trinajstić information content (AvgIpc) is 3.18. The van der Waals surface area contributed by atoms with Crippen molar-refractivity contribution in [3.05, 3.63) is 40.6 Å². The van der Waals surface area contributed by atoms with Crippen LogP contribution in [0.2, 0.25) is 0 Å². The lowest BCUT2D eigenvalue weighted by Crippen LogP contribution is -2.53. The highest BCUT2D eigenvalue weighted by molar-refractivity contribution is 6.07. The average molecular weight is 424 g/mol. The number of aliphatic hydroxyl groups is 1. The molecule has 0 spiro atoms. The van der Waals surface area contributed by atoms with Gasteiger partial charge in [-0.3, -0.25) is 14.7 Å². The van der Waals surface area contributed by atoms with Crippen LogP contribution in [0.4, 0.5) is 0 Å². The standard InChI is InChI=1S/C25H33N3O3/c1-15-4-5-20-21(10-16(2)26-24(20)17(15)3)25(30)28-13-18-11-22(23(29)12-19(18)14-28)27-6-8-31-9-7-27/h4-5,10,18-19,22-23,29H,6-9,11-14H2,1-3H3/t18-,19+,22-,23-/m1/s1. The number of nitrogens with zero attached hydrogens (tertiary/aromatic N) is 3. The molecule has 1 saturated carbocycles. The van der Waals surface area contributed by atoms with E-state index in [1.54, 1.807) is 0 Å².